The topological polar surface area (TPSA) is 50.7 Å². The van der Waals surface area contributed by atoms with Crippen molar-refractivity contribution in [2.75, 3.05) is 5.32 Å². The van der Waals surface area contributed by atoms with Gasteiger partial charge in [0, 0.05) is 33.0 Å². The lowest BCUT2D eigenvalue weighted by Gasteiger charge is -2.09. The normalized spacial score (nSPS) is 10.5. The van der Waals surface area contributed by atoms with E-state index in [1.165, 1.54) is 11.5 Å². The van der Waals surface area contributed by atoms with E-state index >= 15 is 0 Å². The summed E-state index contributed by atoms with van der Waals surface area (Å²) in [6.07, 6.45) is 1.78. The fourth-order valence-electron chi connectivity index (χ4n) is 1.83. The van der Waals surface area contributed by atoms with Gasteiger partial charge in [-0.2, -0.15) is 4.37 Å². The average molecular weight is 444 g/mol. The molecule has 0 fully saturated rings. The van der Waals surface area contributed by atoms with Crippen molar-refractivity contribution in [2.45, 2.75) is 29.6 Å². The van der Waals surface area contributed by atoms with Gasteiger partial charge in [0.15, 0.2) is 0 Å². The van der Waals surface area contributed by atoms with E-state index in [0.29, 0.717) is 5.92 Å². The minimum Gasteiger partial charge on any atom is -0.314 e. The summed E-state index contributed by atoms with van der Waals surface area (Å²) in [6, 6.07) is 12.3. The Morgan fingerprint density at radius 2 is 1.96 bits per heavy atom. The van der Waals surface area contributed by atoms with Crippen LogP contribution in [-0.2, 0) is 0 Å². The van der Waals surface area contributed by atoms with Gasteiger partial charge >= 0.3 is 0 Å². The first-order chi connectivity index (χ1) is 11.1. The molecule has 0 unspecified atom stereocenters. The number of hydrogen-bond acceptors (Lipinski definition) is 6. The highest BCUT2D eigenvalue weighted by atomic mass is 79.9. The molecule has 3 rings (SSSR count). The molecule has 2 aromatic heterocycles. The molecule has 8 heteroatoms. The largest absolute Gasteiger partial charge is 0.314 e. The number of nitrogens with one attached hydrogen (secondary N) is 1. The molecule has 0 aliphatic heterocycles. The monoisotopic (exact) mass is 442 g/mol. The molecule has 0 spiro atoms. The minimum absolute atomic E-state index is 0. The highest BCUT2D eigenvalue weighted by Gasteiger charge is 2.12. The van der Waals surface area contributed by atoms with Crippen LogP contribution in [0.15, 0.2) is 56.9 Å². The number of benzene rings is 1. The predicted octanol–water partition coefficient (Wildman–Crippen LogP) is 6.14. The van der Waals surface area contributed by atoms with Gasteiger partial charge in [-0.25, -0.2) is 9.97 Å². The number of hydrogen-bond donors (Lipinski definition) is 1. The zero-order valence-corrected chi connectivity index (χ0v) is 17.1. The second-order valence-electron chi connectivity index (χ2n) is 5.15. The van der Waals surface area contributed by atoms with E-state index in [1.807, 2.05) is 18.2 Å². The Balaban J connectivity index is 0.00000208. The molecule has 0 aliphatic carbocycles. The first kappa shape index (κ1) is 19.2. The van der Waals surface area contributed by atoms with E-state index in [0.717, 1.165) is 31.0 Å². The third-order valence-corrected chi connectivity index (χ3v) is 5.09. The molecule has 1 N–H and O–H groups in total. The molecule has 0 atom stereocenters. The molecule has 0 saturated carbocycles. The van der Waals surface area contributed by atoms with E-state index in [2.05, 4.69) is 67.6 Å². The Morgan fingerprint density at radius 3 is 2.62 bits per heavy atom. The second kappa shape index (κ2) is 8.80. The average Bonchev–Trinajstić information content (AvgIpc) is 3.00. The summed E-state index contributed by atoms with van der Waals surface area (Å²) < 4.78 is 5.31. The van der Waals surface area contributed by atoms with Gasteiger partial charge < -0.3 is 5.32 Å². The molecule has 0 amide bonds. The van der Waals surface area contributed by atoms with Crippen molar-refractivity contribution in [1.82, 2.24) is 14.3 Å². The Bertz CT molecular complexity index is 796. The van der Waals surface area contributed by atoms with Crippen molar-refractivity contribution in [1.29, 1.82) is 0 Å². The van der Waals surface area contributed by atoms with Crippen molar-refractivity contribution in [2.24, 2.45) is 0 Å². The van der Waals surface area contributed by atoms with E-state index in [1.54, 1.807) is 18.0 Å². The summed E-state index contributed by atoms with van der Waals surface area (Å²) in [6.45, 7) is 4.17. The minimum atomic E-state index is 0. The van der Waals surface area contributed by atoms with Gasteiger partial charge in [-0.05, 0) is 34.1 Å². The quantitative estimate of drug-likeness (QED) is 0.513. The summed E-state index contributed by atoms with van der Waals surface area (Å²) in [7, 11) is 0. The van der Waals surface area contributed by atoms with Crippen molar-refractivity contribution in [3.05, 3.63) is 52.9 Å². The first-order valence-corrected chi connectivity index (χ1v) is 9.49. The summed E-state index contributed by atoms with van der Waals surface area (Å²) in [5, 5.41) is 4.05. The molecule has 2 heterocycles. The van der Waals surface area contributed by atoms with Crippen LogP contribution in [0, 0.1) is 0 Å². The van der Waals surface area contributed by atoms with Gasteiger partial charge in [0.25, 0.3) is 0 Å². The molecule has 3 aromatic rings. The molecular formula is C16H16BrClN4S2. The lowest BCUT2D eigenvalue weighted by molar-refractivity contribution is 0.800. The van der Waals surface area contributed by atoms with E-state index in [4.69, 9.17) is 0 Å². The maximum absolute atomic E-state index is 4.51. The number of anilines is 2. The van der Waals surface area contributed by atoms with E-state index in [9.17, 15) is 0 Å². The maximum atomic E-state index is 4.51. The number of nitrogens with zero attached hydrogens (tertiary/aromatic N) is 3. The standard InChI is InChI=1S/C16H15BrN4S2.ClH/c1-10(2)14-19-16(23-21-14)20-15-13(8-11(17)9-18-15)22-12-6-4-3-5-7-12;/h3-10H,1-2H3,(H,18,19,20,21);1H. The van der Waals surface area contributed by atoms with Crippen molar-refractivity contribution >= 4 is 62.6 Å². The molecule has 0 bridgehead atoms. The highest BCUT2D eigenvalue weighted by molar-refractivity contribution is 9.10. The number of pyridine rings is 1. The van der Waals surface area contributed by atoms with Crippen LogP contribution in [0.25, 0.3) is 0 Å². The first-order valence-electron chi connectivity index (χ1n) is 7.11. The molecule has 4 nitrogen and oxygen atoms in total. The van der Waals surface area contributed by atoms with Crippen LogP contribution in [0.3, 0.4) is 0 Å². The van der Waals surface area contributed by atoms with Crippen molar-refractivity contribution in [3.63, 3.8) is 0 Å². The molecule has 24 heavy (non-hydrogen) atoms. The zero-order chi connectivity index (χ0) is 16.2. The van der Waals surface area contributed by atoms with Gasteiger partial charge in [-0.3, -0.25) is 0 Å². The Labute approximate surface area is 164 Å². The molecule has 126 valence electrons. The molecule has 0 saturated heterocycles. The number of rotatable bonds is 5. The molecule has 0 radical (unpaired) electrons. The molecule has 1 aromatic carbocycles. The van der Waals surface area contributed by atoms with Crippen LogP contribution in [0.2, 0.25) is 0 Å². The fraction of sp³-hybridized carbons (Fsp3) is 0.188. The van der Waals surface area contributed by atoms with Crippen molar-refractivity contribution in [3.8, 4) is 0 Å². The van der Waals surface area contributed by atoms with Crippen LogP contribution in [0.5, 0.6) is 0 Å². The van der Waals surface area contributed by atoms with Crippen LogP contribution >= 0.6 is 51.6 Å². The third kappa shape index (κ3) is 4.92. The van der Waals surface area contributed by atoms with Gasteiger partial charge in [0.05, 0.1) is 4.90 Å². The van der Waals surface area contributed by atoms with Crippen LogP contribution in [0.4, 0.5) is 10.9 Å². The predicted molar refractivity (Wildman–Crippen MR) is 107 cm³/mol. The van der Waals surface area contributed by atoms with E-state index in [-0.39, 0.29) is 12.4 Å². The zero-order valence-electron chi connectivity index (χ0n) is 13.1. The van der Waals surface area contributed by atoms with Gasteiger partial charge in [0.1, 0.15) is 11.6 Å². The second-order valence-corrected chi connectivity index (χ2v) is 7.94. The Hall–Kier alpha value is -1.15. The van der Waals surface area contributed by atoms with Crippen molar-refractivity contribution < 1.29 is 0 Å². The fourth-order valence-corrected chi connectivity index (χ4v) is 3.95. The van der Waals surface area contributed by atoms with Crippen LogP contribution < -0.4 is 5.32 Å². The van der Waals surface area contributed by atoms with Gasteiger partial charge in [0.2, 0.25) is 5.13 Å². The summed E-state index contributed by atoms with van der Waals surface area (Å²) in [5.41, 5.74) is 0. The lowest BCUT2D eigenvalue weighted by Crippen LogP contribution is -1.96. The van der Waals surface area contributed by atoms with Gasteiger partial charge in [-0.15, -0.1) is 12.4 Å². The Kier molecular flexibility index (Phi) is 7.03. The SMILES string of the molecule is CC(C)c1nsc(Nc2ncc(Br)cc2Sc2ccccc2)n1.Cl. The van der Waals surface area contributed by atoms with Crippen LogP contribution in [-0.4, -0.2) is 14.3 Å². The third-order valence-electron chi connectivity index (χ3n) is 2.97. The molecule has 0 aliphatic rings. The highest BCUT2D eigenvalue weighted by Crippen LogP contribution is 2.35. The summed E-state index contributed by atoms with van der Waals surface area (Å²) >= 11 is 6.51. The summed E-state index contributed by atoms with van der Waals surface area (Å²) in [4.78, 5) is 11.2. The van der Waals surface area contributed by atoms with Gasteiger partial charge in [-0.1, -0.05) is 43.8 Å². The smallest absolute Gasteiger partial charge is 0.208 e. The maximum Gasteiger partial charge on any atom is 0.208 e. The Morgan fingerprint density at radius 1 is 1.21 bits per heavy atom. The summed E-state index contributed by atoms with van der Waals surface area (Å²) in [5.74, 6) is 1.96. The van der Waals surface area contributed by atoms with Crippen LogP contribution in [0.1, 0.15) is 25.6 Å². The number of halogens is 2. The number of aromatic nitrogens is 3. The lowest BCUT2D eigenvalue weighted by atomic mass is 10.2. The molecular weight excluding hydrogens is 428 g/mol. The van der Waals surface area contributed by atoms with E-state index < -0.39 is 0 Å².